The zero-order chi connectivity index (χ0) is 19.8. The first kappa shape index (κ1) is 24.6. The van der Waals surface area contributed by atoms with E-state index < -0.39 is 23.8 Å². The highest BCUT2D eigenvalue weighted by Gasteiger charge is 2.37. The summed E-state index contributed by atoms with van der Waals surface area (Å²) in [7, 11) is 0. The third-order valence-corrected chi connectivity index (χ3v) is 4.43. The lowest BCUT2D eigenvalue weighted by atomic mass is 9.86. The summed E-state index contributed by atoms with van der Waals surface area (Å²) < 4.78 is 10.6. The number of ketones is 1. The van der Waals surface area contributed by atoms with Gasteiger partial charge in [-0.25, -0.2) is 0 Å². The number of hydrogen-bond acceptors (Lipinski definition) is 5. The molecule has 5 heteroatoms. The Morgan fingerprint density at radius 2 is 0.962 bits per heavy atom. The standard InChI is InChI=1S/C21H38O5/c1-5-9-13-17(20(23)25-15-11-7-3)19(22)18(14-10-6-2)21(24)26-16-12-8-4/h17-18H,5-16H2,1-4H3. The number of carbonyl (C=O) groups is 3. The molecular weight excluding hydrogens is 332 g/mol. The summed E-state index contributed by atoms with van der Waals surface area (Å²) in [6.45, 7) is 8.70. The van der Waals surface area contributed by atoms with Gasteiger partial charge >= 0.3 is 11.9 Å². The molecule has 0 aromatic carbocycles. The van der Waals surface area contributed by atoms with Crippen LogP contribution in [0, 0.1) is 11.8 Å². The van der Waals surface area contributed by atoms with Crippen molar-refractivity contribution in [3.63, 3.8) is 0 Å². The van der Waals surface area contributed by atoms with Gasteiger partial charge in [0.05, 0.1) is 13.2 Å². The van der Waals surface area contributed by atoms with Crippen LogP contribution in [0.15, 0.2) is 0 Å². The third kappa shape index (κ3) is 9.93. The highest BCUT2D eigenvalue weighted by atomic mass is 16.5. The molecule has 0 aromatic rings. The molecule has 0 amide bonds. The summed E-state index contributed by atoms with van der Waals surface area (Å²) in [6.07, 6.45) is 7.54. The van der Waals surface area contributed by atoms with Crippen molar-refractivity contribution >= 4 is 17.7 Å². The van der Waals surface area contributed by atoms with Gasteiger partial charge in [-0.1, -0.05) is 66.2 Å². The zero-order valence-electron chi connectivity index (χ0n) is 17.2. The Morgan fingerprint density at radius 3 is 1.27 bits per heavy atom. The van der Waals surface area contributed by atoms with Crippen LogP contribution in [0.25, 0.3) is 0 Å². The molecule has 0 fully saturated rings. The van der Waals surface area contributed by atoms with Crippen molar-refractivity contribution < 1.29 is 23.9 Å². The number of Topliss-reactive ketones (excluding diaryl/α,β-unsaturated/α-hetero) is 1. The van der Waals surface area contributed by atoms with Crippen LogP contribution in [0.5, 0.6) is 0 Å². The van der Waals surface area contributed by atoms with Crippen LogP contribution in [0.1, 0.15) is 91.9 Å². The molecule has 0 radical (unpaired) electrons. The molecule has 0 saturated carbocycles. The lowest BCUT2D eigenvalue weighted by molar-refractivity contribution is -0.158. The minimum atomic E-state index is -0.854. The number of carbonyl (C=O) groups excluding carboxylic acids is 3. The van der Waals surface area contributed by atoms with Crippen molar-refractivity contribution in [2.75, 3.05) is 13.2 Å². The largest absolute Gasteiger partial charge is 0.465 e. The average molecular weight is 371 g/mol. The SMILES string of the molecule is CCCCOC(=O)C(CCCC)C(=O)C(CCCC)C(=O)OCCCC. The van der Waals surface area contributed by atoms with Gasteiger partial charge < -0.3 is 9.47 Å². The minimum absolute atomic E-state index is 0.324. The highest BCUT2D eigenvalue weighted by Crippen LogP contribution is 2.22. The van der Waals surface area contributed by atoms with E-state index in [1.807, 2.05) is 27.7 Å². The molecule has 0 rings (SSSR count). The maximum Gasteiger partial charge on any atom is 0.316 e. The molecule has 2 unspecified atom stereocenters. The molecule has 0 aliphatic carbocycles. The fourth-order valence-electron chi connectivity index (χ4n) is 2.65. The van der Waals surface area contributed by atoms with E-state index in [0.29, 0.717) is 26.1 Å². The topological polar surface area (TPSA) is 69.7 Å². The molecule has 5 nitrogen and oxygen atoms in total. The van der Waals surface area contributed by atoms with Crippen molar-refractivity contribution in [3.8, 4) is 0 Å². The third-order valence-electron chi connectivity index (χ3n) is 4.43. The van der Waals surface area contributed by atoms with Crippen LogP contribution in [0.3, 0.4) is 0 Å². The van der Waals surface area contributed by atoms with Gasteiger partial charge in [0.1, 0.15) is 11.8 Å². The van der Waals surface area contributed by atoms with E-state index in [-0.39, 0.29) is 5.78 Å². The van der Waals surface area contributed by atoms with E-state index >= 15 is 0 Å². The first-order chi connectivity index (χ1) is 12.5. The van der Waals surface area contributed by atoms with E-state index in [0.717, 1.165) is 51.4 Å². The van der Waals surface area contributed by atoms with Gasteiger partial charge in [0.2, 0.25) is 0 Å². The van der Waals surface area contributed by atoms with Crippen molar-refractivity contribution in [1.29, 1.82) is 0 Å². The van der Waals surface area contributed by atoms with Crippen molar-refractivity contribution in [1.82, 2.24) is 0 Å². The van der Waals surface area contributed by atoms with Crippen molar-refractivity contribution in [3.05, 3.63) is 0 Å². The molecule has 2 atom stereocenters. The number of rotatable bonds is 16. The fourth-order valence-corrected chi connectivity index (χ4v) is 2.65. The molecule has 0 heterocycles. The second-order valence-electron chi connectivity index (χ2n) is 6.83. The highest BCUT2D eigenvalue weighted by molar-refractivity contribution is 6.08. The number of esters is 2. The monoisotopic (exact) mass is 370 g/mol. The summed E-state index contributed by atoms with van der Waals surface area (Å²) in [6, 6.07) is 0. The summed E-state index contributed by atoms with van der Waals surface area (Å²) >= 11 is 0. The summed E-state index contributed by atoms with van der Waals surface area (Å²) in [4.78, 5) is 37.9. The zero-order valence-corrected chi connectivity index (χ0v) is 17.2. The van der Waals surface area contributed by atoms with Crippen LogP contribution in [-0.2, 0) is 23.9 Å². The second-order valence-corrected chi connectivity index (χ2v) is 6.83. The molecule has 0 N–H and O–H groups in total. The summed E-state index contributed by atoms with van der Waals surface area (Å²) in [5.41, 5.74) is 0. The molecule has 0 aliphatic heterocycles. The van der Waals surface area contributed by atoms with E-state index in [1.54, 1.807) is 0 Å². The van der Waals surface area contributed by atoms with Crippen molar-refractivity contribution in [2.24, 2.45) is 11.8 Å². The molecule has 0 bridgehead atoms. The lowest BCUT2D eigenvalue weighted by Gasteiger charge is -2.20. The van der Waals surface area contributed by atoms with Gasteiger partial charge in [0.25, 0.3) is 0 Å². The Hall–Kier alpha value is -1.39. The van der Waals surface area contributed by atoms with Crippen LogP contribution in [-0.4, -0.2) is 30.9 Å². The predicted molar refractivity (Wildman–Crippen MR) is 103 cm³/mol. The fraction of sp³-hybridized carbons (Fsp3) is 0.857. The maximum atomic E-state index is 13.0. The second kappa shape index (κ2) is 15.8. The maximum absolute atomic E-state index is 13.0. The predicted octanol–water partition coefficient (Wildman–Crippen LogP) is 4.85. The van der Waals surface area contributed by atoms with Crippen LogP contribution < -0.4 is 0 Å². The smallest absolute Gasteiger partial charge is 0.316 e. The summed E-state index contributed by atoms with van der Waals surface area (Å²) in [5.74, 6) is -3.01. The number of ether oxygens (including phenoxy) is 2. The van der Waals surface area contributed by atoms with Crippen LogP contribution >= 0.6 is 0 Å². The number of hydrogen-bond donors (Lipinski definition) is 0. The summed E-state index contributed by atoms with van der Waals surface area (Å²) in [5, 5.41) is 0. The molecule has 0 saturated heterocycles. The molecule has 26 heavy (non-hydrogen) atoms. The van der Waals surface area contributed by atoms with Crippen molar-refractivity contribution in [2.45, 2.75) is 91.9 Å². The van der Waals surface area contributed by atoms with E-state index in [2.05, 4.69) is 0 Å². The van der Waals surface area contributed by atoms with Gasteiger partial charge in [0, 0.05) is 0 Å². The normalized spacial score (nSPS) is 13.1. The molecule has 152 valence electrons. The Labute approximate surface area is 159 Å². The Balaban J connectivity index is 5.11. The first-order valence-corrected chi connectivity index (χ1v) is 10.4. The van der Waals surface area contributed by atoms with Gasteiger partial charge in [-0.15, -0.1) is 0 Å². The molecule has 0 spiro atoms. The quantitative estimate of drug-likeness (QED) is 0.220. The van der Waals surface area contributed by atoms with Gasteiger partial charge in [-0.3, -0.25) is 14.4 Å². The van der Waals surface area contributed by atoms with E-state index in [4.69, 9.17) is 9.47 Å². The number of unbranched alkanes of at least 4 members (excludes halogenated alkanes) is 4. The minimum Gasteiger partial charge on any atom is -0.465 e. The average Bonchev–Trinajstić information content (AvgIpc) is 2.62. The van der Waals surface area contributed by atoms with E-state index in [9.17, 15) is 14.4 Å². The van der Waals surface area contributed by atoms with Gasteiger partial charge in [-0.05, 0) is 25.7 Å². The lowest BCUT2D eigenvalue weighted by Crippen LogP contribution is -2.36. The Kier molecular flexibility index (Phi) is 15.0. The molecular formula is C21H38O5. The van der Waals surface area contributed by atoms with Gasteiger partial charge in [0.15, 0.2) is 5.78 Å². The van der Waals surface area contributed by atoms with E-state index in [1.165, 1.54) is 0 Å². The van der Waals surface area contributed by atoms with Crippen LogP contribution in [0.4, 0.5) is 0 Å². The van der Waals surface area contributed by atoms with Crippen LogP contribution in [0.2, 0.25) is 0 Å². The molecule has 0 aliphatic rings. The molecule has 0 aromatic heterocycles. The Morgan fingerprint density at radius 1 is 0.615 bits per heavy atom. The first-order valence-electron chi connectivity index (χ1n) is 10.4. The Bertz CT molecular complexity index is 369. The van der Waals surface area contributed by atoms with Gasteiger partial charge in [-0.2, -0.15) is 0 Å².